The number of nitrogen functional groups attached to an aromatic ring is 1. The summed E-state index contributed by atoms with van der Waals surface area (Å²) in [5.41, 5.74) is 4.01. The van der Waals surface area contributed by atoms with Crippen molar-refractivity contribution >= 4 is 58.0 Å². The van der Waals surface area contributed by atoms with Crippen molar-refractivity contribution in [2.45, 2.75) is 63.8 Å². The number of aliphatic hydroxyl groups excluding tert-OH is 2. The van der Waals surface area contributed by atoms with Gasteiger partial charge in [-0.15, -0.1) is 0 Å². The number of imidazole rings is 1. The summed E-state index contributed by atoms with van der Waals surface area (Å²) in [4.78, 5) is 97.4. The van der Waals surface area contributed by atoms with E-state index in [1.54, 1.807) is 0 Å². The standard InChI is InChI=1S/C24H39N7O19P3/c1-24(2,19(35)22(36)27-7-4-15(33)26-6-3-13(32)5-8-45-37)10-47-53(43,44)50-52(41,42)46-9-14-18(49-51(38,39)40)17(34)23(48-14)31-12-30-16-20(25)28-11-29-21(16)31/h8,11-12,14,17-19,23,34-35,45H,3-7,9-10H2,1-2H3,(H,26,33)(H,27,36)(H,41,42)(H,43,44)(H2,25,28,29)(H2,38,39,40)/q-1/p-4. The molecule has 7 unspecified atom stereocenters. The average molecular weight is 818 g/mol. The van der Waals surface area contributed by atoms with Gasteiger partial charge in [0.05, 0.1) is 27.4 Å². The number of aromatic nitrogens is 4. The van der Waals surface area contributed by atoms with Crippen LogP contribution in [0.5, 0.6) is 0 Å². The molecule has 300 valence electrons. The number of fused-ring (bicyclic) bond motifs is 1. The maximum absolute atomic E-state index is 12.4. The number of phosphoric ester groups is 3. The van der Waals surface area contributed by atoms with Crippen LogP contribution in [0.25, 0.3) is 11.2 Å². The van der Waals surface area contributed by atoms with E-state index in [9.17, 15) is 63.1 Å². The van der Waals surface area contributed by atoms with Crippen LogP contribution in [0.2, 0.25) is 0 Å². The maximum Gasteiger partial charge on any atom is 0.274 e. The van der Waals surface area contributed by atoms with Crippen molar-refractivity contribution in [3.05, 3.63) is 19.3 Å². The van der Waals surface area contributed by atoms with Crippen LogP contribution < -0.4 is 41.2 Å². The maximum atomic E-state index is 12.4. The number of aliphatic hydroxyl groups is 3. The summed E-state index contributed by atoms with van der Waals surface area (Å²) < 4.78 is 60.2. The van der Waals surface area contributed by atoms with Gasteiger partial charge in [-0.2, -0.15) is 0 Å². The Kier molecular flexibility index (Phi) is 15.7. The van der Waals surface area contributed by atoms with Crippen LogP contribution in [0.15, 0.2) is 12.7 Å². The molecule has 1 fully saturated rings. The highest BCUT2D eigenvalue weighted by Gasteiger charge is 2.47. The quantitative estimate of drug-likeness (QED) is 0.0244. The summed E-state index contributed by atoms with van der Waals surface area (Å²) in [5.74, 6) is -2.06. The first-order valence-electron chi connectivity index (χ1n) is 15.0. The first-order valence-corrected chi connectivity index (χ1v) is 19.4. The minimum atomic E-state index is -5.92. The SMILES string of the molecule is CC(C)(COP(=O)([O-])OP(=O)([O-])OCC1OC(n2cnc3c(N)ncnc32)C(O)C1OP(=O)([O-])[O-])C(O)C(=O)NCCC(=O)NCCC(=O)C[CH-][OH+][O-]. The van der Waals surface area contributed by atoms with Crippen molar-refractivity contribution in [3.63, 3.8) is 0 Å². The highest BCUT2D eigenvalue weighted by Crippen LogP contribution is 2.56. The summed E-state index contributed by atoms with van der Waals surface area (Å²) in [5, 5.41) is 35.8. The van der Waals surface area contributed by atoms with E-state index < -0.39 is 84.6 Å². The zero-order chi connectivity index (χ0) is 39.8. The van der Waals surface area contributed by atoms with E-state index in [1.165, 1.54) is 13.8 Å². The largest absolute Gasteiger partial charge is 0.790 e. The van der Waals surface area contributed by atoms with Crippen molar-refractivity contribution in [1.29, 1.82) is 0 Å². The molecule has 0 bridgehead atoms. The average Bonchev–Trinajstić information content (AvgIpc) is 3.61. The van der Waals surface area contributed by atoms with E-state index in [0.717, 1.165) is 23.8 Å². The molecular formula is C24H35N7O19P3-5. The summed E-state index contributed by atoms with van der Waals surface area (Å²) in [6.45, 7) is 0.571. The van der Waals surface area contributed by atoms with E-state index in [-0.39, 0.29) is 55.1 Å². The number of anilines is 1. The molecule has 0 radical (unpaired) electrons. The Hall–Kier alpha value is -2.87. The summed E-state index contributed by atoms with van der Waals surface area (Å²) >= 11 is 0. The lowest BCUT2D eigenvalue weighted by Gasteiger charge is -2.36. The van der Waals surface area contributed by atoms with Crippen molar-refractivity contribution in [2.75, 3.05) is 32.0 Å². The molecule has 0 aliphatic carbocycles. The molecule has 2 amide bonds. The zero-order valence-electron chi connectivity index (χ0n) is 27.7. The second-order valence-electron chi connectivity index (χ2n) is 11.8. The Morgan fingerprint density at radius 2 is 1.75 bits per heavy atom. The van der Waals surface area contributed by atoms with Crippen LogP contribution in [-0.2, 0) is 50.7 Å². The molecular weight excluding hydrogens is 783 g/mol. The molecule has 2 aromatic rings. The van der Waals surface area contributed by atoms with Gasteiger partial charge in [0.1, 0.15) is 42.0 Å². The summed E-state index contributed by atoms with van der Waals surface area (Å²) in [6, 6.07) is 0. The number of nitrogens with two attached hydrogens (primary N) is 1. The third kappa shape index (κ3) is 13.4. The van der Waals surface area contributed by atoms with Gasteiger partial charge in [0.25, 0.3) is 15.6 Å². The van der Waals surface area contributed by atoms with Crippen molar-refractivity contribution in [3.8, 4) is 0 Å². The lowest BCUT2D eigenvalue weighted by molar-refractivity contribution is -0.761. The molecule has 1 saturated heterocycles. The number of rotatable bonds is 22. The molecule has 29 heteroatoms. The lowest BCUT2D eigenvalue weighted by atomic mass is 9.87. The molecule has 26 nitrogen and oxygen atoms in total. The topological polar surface area (TPSA) is 411 Å². The van der Waals surface area contributed by atoms with E-state index in [0.29, 0.717) is 0 Å². The third-order valence-corrected chi connectivity index (χ3v) is 10.2. The lowest BCUT2D eigenvalue weighted by Crippen LogP contribution is -2.46. The van der Waals surface area contributed by atoms with Crippen LogP contribution >= 0.6 is 23.5 Å². The fourth-order valence-electron chi connectivity index (χ4n) is 4.50. The molecule has 3 heterocycles. The zero-order valence-corrected chi connectivity index (χ0v) is 30.3. The van der Waals surface area contributed by atoms with Crippen molar-refractivity contribution in [1.82, 2.24) is 30.2 Å². The number of hydrogen-bond donors (Lipinski definition) is 5. The molecule has 1 aliphatic heterocycles. The first kappa shape index (κ1) is 44.5. The van der Waals surface area contributed by atoms with Gasteiger partial charge in [-0.3, -0.25) is 23.3 Å². The van der Waals surface area contributed by atoms with Gasteiger partial charge < -0.3 is 84.0 Å². The minimum absolute atomic E-state index is 0.0303. The van der Waals surface area contributed by atoms with Gasteiger partial charge in [-0.25, -0.2) is 19.3 Å². The Morgan fingerprint density at radius 3 is 2.42 bits per heavy atom. The van der Waals surface area contributed by atoms with Crippen molar-refractivity contribution < 1.29 is 90.6 Å². The number of hydrogen-bond acceptors (Lipinski definition) is 22. The molecule has 7 atom stereocenters. The second kappa shape index (κ2) is 18.6. The van der Waals surface area contributed by atoms with Gasteiger partial charge in [-0.1, -0.05) is 20.3 Å². The number of nitrogens with zero attached hydrogens (tertiary/aromatic N) is 4. The van der Waals surface area contributed by atoms with Crippen molar-refractivity contribution in [2.24, 2.45) is 5.41 Å². The number of carbonyl (C=O) groups excluding carboxylic acids is 3. The predicted molar refractivity (Wildman–Crippen MR) is 162 cm³/mol. The molecule has 0 aromatic carbocycles. The molecule has 0 spiro atoms. The fraction of sp³-hybridized carbons (Fsp3) is 0.625. The van der Waals surface area contributed by atoms with Gasteiger partial charge in [-0.05, 0) is 6.61 Å². The molecule has 2 aromatic heterocycles. The number of carbonyl (C=O) groups is 3. The highest BCUT2D eigenvalue weighted by molar-refractivity contribution is 7.59. The van der Waals surface area contributed by atoms with Crippen LogP contribution in [0.4, 0.5) is 5.82 Å². The molecule has 53 heavy (non-hydrogen) atoms. The number of ketones is 1. The minimum Gasteiger partial charge on any atom is -0.790 e. The number of ether oxygens (including phenoxy) is 1. The van der Waals surface area contributed by atoms with Gasteiger partial charge >= 0.3 is 0 Å². The van der Waals surface area contributed by atoms with Crippen LogP contribution in [-0.4, -0.2) is 103 Å². The fourth-order valence-corrected chi connectivity index (χ4v) is 7.24. The van der Waals surface area contributed by atoms with E-state index in [1.807, 2.05) is 0 Å². The van der Waals surface area contributed by atoms with Crippen LogP contribution in [0.1, 0.15) is 39.3 Å². The monoisotopic (exact) mass is 818 g/mol. The first-order chi connectivity index (χ1) is 24.6. The Balaban J connectivity index is 1.52. The molecule has 3 rings (SSSR count). The predicted octanol–water partition coefficient (Wildman–Crippen LogP) is -5.24. The van der Waals surface area contributed by atoms with E-state index in [2.05, 4.69) is 48.4 Å². The normalized spacial score (nSPS) is 22.2. The molecule has 7 N–H and O–H groups in total. The summed E-state index contributed by atoms with van der Waals surface area (Å²) in [6.07, 6.45) is -8.02. The van der Waals surface area contributed by atoms with Gasteiger partial charge in [0, 0.05) is 31.3 Å². The van der Waals surface area contributed by atoms with E-state index in [4.69, 9.17) is 10.5 Å². The number of phosphoric acid groups is 3. The third-order valence-electron chi connectivity index (χ3n) is 7.17. The van der Waals surface area contributed by atoms with E-state index >= 15 is 0 Å². The smallest absolute Gasteiger partial charge is 0.274 e. The number of Topliss-reactive ketones (excluding diaryl/α,β-unsaturated/α-hetero) is 1. The Bertz CT molecular complexity index is 1740. The second-order valence-corrected chi connectivity index (χ2v) is 15.8. The molecule has 1 aliphatic rings. The van der Waals surface area contributed by atoms with Gasteiger partial charge in [0.2, 0.25) is 11.8 Å². The number of nitrogens with one attached hydrogen (secondary N) is 2. The highest BCUT2D eigenvalue weighted by atomic mass is 31.3. The summed E-state index contributed by atoms with van der Waals surface area (Å²) in [7, 11) is -17.6. The van der Waals surface area contributed by atoms with Gasteiger partial charge in [0.15, 0.2) is 17.7 Å². The Morgan fingerprint density at radius 1 is 1.09 bits per heavy atom. The Labute approximate surface area is 299 Å². The number of amides is 2. The molecule has 0 saturated carbocycles. The van der Waals surface area contributed by atoms with Crippen LogP contribution in [0.3, 0.4) is 0 Å². The van der Waals surface area contributed by atoms with Crippen LogP contribution in [0, 0.1) is 12.0 Å².